The molecule has 21 heavy (non-hydrogen) atoms. The van der Waals surface area contributed by atoms with E-state index in [9.17, 15) is 9.90 Å². The minimum atomic E-state index is -0.880. The highest BCUT2D eigenvalue weighted by molar-refractivity contribution is 5.97. The van der Waals surface area contributed by atoms with Crippen LogP contribution < -0.4 is 0 Å². The van der Waals surface area contributed by atoms with Crippen molar-refractivity contribution in [3.8, 4) is 11.3 Å². The molecule has 0 atom stereocenters. The lowest BCUT2D eigenvalue weighted by molar-refractivity contribution is 0.0685. The normalized spacial score (nSPS) is 10.9. The Balaban J connectivity index is 2.26. The van der Waals surface area contributed by atoms with Crippen molar-refractivity contribution in [1.29, 1.82) is 0 Å². The fourth-order valence-corrected chi connectivity index (χ4v) is 2.80. The van der Waals surface area contributed by atoms with E-state index < -0.39 is 5.97 Å². The SMILES string of the molecule is CCCn1c(C(=O)O)ccc1-c1cccc2ccccc12. The summed E-state index contributed by atoms with van der Waals surface area (Å²) >= 11 is 0. The monoisotopic (exact) mass is 279 g/mol. The number of aromatic carboxylic acids is 1. The smallest absolute Gasteiger partial charge is 0.352 e. The number of rotatable bonds is 4. The van der Waals surface area contributed by atoms with Gasteiger partial charge in [0.1, 0.15) is 5.69 Å². The number of hydrogen-bond donors (Lipinski definition) is 1. The Bertz CT molecular complexity index is 797. The largest absolute Gasteiger partial charge is 0.477 e. The van der Waals surface area contributed by atoms with E-state index in [0.29, 0.717) is 12.2 Å². The van der Waals surface area contributed by atoms with Crippen molar-refractivity contribution in [3.63, 3.8) is 0 Å². The van der Waals surface area contributed by atoms with Gasteiger partial charge in [-0.05, 0) is 29.3 Å². The standard InChI is InChI=1S/C18H17NO2/c1-2-12-19-16(10-11-17(19)18(20)21)15-9-5-7-13-6-3-4-8-14(13)15/h3-11H,2,12H2,1H3,(H,20,21). The van der Waals surface area contributed by atoms with Gasteiger partial charge >= 0.3 is 5.97 Å². The van der Waals surface area contributed by atoms with Crippen molar-refractivity contribution in [2.24, 2.45) is 0 Å². The van der Waals surface area contributed by atoms with E-state index in [1.165, 1.54) is 0 Å². The Morgan fingerprint density at radius 3 is 2.57 bits per heavy atom. The third-order valence-corrected chi connectivity index (χ3v) is 3.71. The van der Waals surface area contributed by atoms with Crippen LogP contribution in [0, 0.1) is 0 Å². The second kappa shape index (κ2) is 5.44. The van der Waals surface area contributed by atoms with E-state index in [1.807, 2.05) is 28.8 Å². The Morgan fingerprint density at radius 1 is 1.05 bits per heavy atom. The van der Waals surface area contributed by atoms with Gasteiger partial charge in [0.05, 0.1) is 0 Å². The zero-order valence-corrected chi connectivity index (χ0v) is 11.9. The molecule has 0 spiro atoms. The summed E-state index contributed by atoms with van der Waals surface area (Å²) in [6.45, 7) is 2.76. The maximum atomic E-state index is 11.4. The van der Waals surface area contributed by atoms with Crippen LogP contribution in [0.5, 0.6) is 0 Å². The zero-order valence-electron chi connectivity index (χ0n) is 11.9. The summed E-state index contributed by atoms with van der Waals surface area (Å²) in [5, 5.41) is 11.7. The Kier molecular flexibility index (Phi) is 3.48. The lowest BCUT2D eigenvalue weighted by atomic mass is 10.0. The summed E-state index contributed by atoms with van der Waals surface area (Å²) in [7, 11) is 0. The van der Waals surface area contributed by atoms with Crippen LogP contribution in [0.4, 0.5) is 0 Å². The fraction of sp³-hybridized carbons (Fsp3) is 0.167. The number of fused-ring (bicyclic) bond motifs is 1. The number of benzene rings is 2. The molecule has 0 amide bonds. The first-order valence-corrected chi connectivity index (χ1v) is 7.13. The number of carboxylic acid groups (broad SMARTS) is 1. The van der Waals surface area contributed by atoms with Crippen molar-refractivity contribution >= 4 is 16.7 Å². The first kappa shape index (κ1) is 13.4. The lowest BCUT2D eigenvalue weighted by Gasteiger charge is -2.12. The van der Waals surface area contributed by atoms with E-state index in [1.54, 1.807) is 6.07 Å². The van der Waals surface area contributed by atoms with Gasteiger partial charge in [-0.15, -0.1) is 0 Å². The zero-order chi connectivity index (χ0) is 14.8. The second-order valence-electron chi connectivity index (χ2n) is 5.09. The molecule has 0 aliphatic heterocycles. The van der Waals surface area contributed by atoms with Crippen LogP contribution in [-0.4, -0.2) is 15.6 Å². The highest BCUT2D eigenvalue weighted by Crippen LogP contribution is 2.30. The molecule has 1 aromatic heterocycles. The number of carboxylic acids is 1. The highest BCUT2D eigenvalue weighted by Gasteiger charge is 2.15. The van der Waals surface area contributed by atoms with Gasteiger partial charge < -0.3 is 9.67 Å². The van der Waals surface area contributed by atoms with Crippen molar-refractivity contribution in [2.45, 2.75) is 19.9 Å². The Labute approximate surface area is 123 Å². The third kappa shape index (κ3) is 2.31. The first-order valence-electron chi connectivity index (χ1n) is 7.13. The minimum Gasteiger partial charge on any atom is -0.477 e. The molecule has 0 fully saturated rings. The molecule has 0 unspecified atom stereocenters. The Morgan fingerprint density at radius 2 is 1.81 bits per heavy atom. The molecule has 3 nitrogen and oxygen atoms in total. The molecule has 3 rings (SSSR count). The average Bonchev–Trinajstić information content (AvgIpc) is 2.91. The third-order valence-electron chi connectivity index (χ3n) is 3.71. The summed E-state index contributed by atoms with van der Waals surface area (Å²) in [6, 6.07) is 17.9. The van der Waals surface area contributed by atoms with E-state index in [-0.39, 0.29) is 0 Å². The van der Waals surface area contributed by atoms with E-state index >= 15 is 0 Å². The van der Waals surface area contributed by atoms with Gasteiger partial charge in [-0.1, -0.05) is 49.4 Å². The molecule has 2 aromatic carbocycles. The molecular formula is C18H17NO2. The summed E-state index contributed by atoms with van der Waals surface area (Å²) in [6.07, 6.45) is 0.896. The number of carbonyl (C=O) groups is 1. The minimum absolute atomic E-state index is 0.347. The van der Waals surface area contributed by atoms with Crippen LogP contribution in [0.25, 0.3) is 22.0 Å². The van der Waals surface area contributed by atoms with Crippen LogP contribution in [0.2, 0.25) is 0 Å². The lowest BCUT2D eigenvalue weighted by Crippen LogP contribution is -2.09. The molecule has 0 radical (unpaired) electrons. The summed E-state index contributed by atoms with van der Waals surface area (Å²) in [4.78, 5) is 11.4. The van der Waals surface area contributed by atoms with Gasteiger partial charge in [0.15, 0.2) is 0 Å². The van der Waals surface area contributed by atoms with Crippen LogP contribution in [-0.2, 0) is 6.54 Å². The van der Waals surface area contributed by atoms with E-state index in [0.717, 1.165) is 28.5 Å². The van der Waals surface area contributed by atoms with Gasteiger partial charge in [-0.25, -0.2) is 4.79 Å². The molecule has 1 heterocycles. The quantitative estimate of drug-likeness (QED) is 0.768. The van der Waals surface area contributed by atoms with Crippen LogP contribution in [0.1, 0.15) is 23.8 Å². The molecule has 3 aromatic rings. The van der Waals surface area contributed by atoms with Gasteiger partial charge in [0.25, 0.3) is 0 Å². The Hall–Kier alpha value is -2.55. The molecule has 0 saturated carbocycles. The number of aromatic nitrogens is 1. The summed E-state index contributed by atoms with van der Waals surface area (Å²) in [5.41, 5.74) is 2.39. The topological polar surface area (TPSA) is 42.2 Å². The van der Waals surface area contributed by atoms with Gasteiger partial charge in [0, 0.05) is 17.8 Å². The van der Waals surface area contributed by atoms with Crippen molar-refractivity contribution in [1.82, 2.24) is 4.57 Å². The first-order chi connectivity index (χ1) is 10.2. The molecule has 0 saturated heterocycles. The maximum absolute atomic E-state index is 11.4. The number of nitrogens with zero attached hydrogens (tertiary/aromatic N) is 1. The van der Waals surface area contributed by atoms with Crippen LogP contribution >= 0.6 is 0 Å². The van der Waals surface area contributed by atoms with E-state index in [4.69, 9.17) is 0 Å². The van der Waals surface area contributed by atoms with Gasteiger partial charge in [0.2, 0.25) is 0 Å². The average molecular weight is 279 g/mol. The van der Waals surface area contributed by atoms with Crippen LogP contribution in [0.15, 0.2) is 54.6 Å². The van der Waals surface area contributed by atoms with Crippen molar-refractivity contribution in [3.05, 3.63) is 60.3 Å². The van der Waals surface area contributed by atoms with Crippen molar-refractivity contribution in [2.75, 3.05) is 0 Å². The maximum Gasteiger partial charge on any atom is 0.352 e. The summed E-state index contributed by atoms with van der Waals surface area (Å²) in [5.74, 6) is -0.880. The molecular weight excluding hydrogens is 262 g/mol. The second-order valence-corrected chi connectivity index (χ2v) is 5.09. The number of hydrogen-bond acceptors (Lipinski definition) is 1. The predicted octanol–water partition coefficient (Wildman–Crippen LogP) is 4.42. The molecule has 0 aliphatic rings. The van der Waals surface area contributed by atoms with Gasteiger partial charge in [-0.2, -0.15) is 0 Å². The molecule has 1 N–H and O–H groups in total. The molecule has 106 valence electrons. The predicted molar refractivity (Wildman–Crippen MR) is 84.6 cm³/mol. The highest BCUT2D eigenvalue weighted by atomic mass is 16.4. The molecule has 0 bridgehead atoms. The van der Waals surface area contributed by atoms with Crippen molar-refractivity contribution < 1.29 is 9.90 Å². The fourth-order valence-electron chi connectivity index (χ4n) is 2.80. The van der Waals surface area contributed by atoms with Gasteiger partial charge in [-0.3, -0.25) is 0 Å². The summed E-state index contributed by atoms with van der Waals surface area (Å²) < 4.78 is 1.89. The molecule has 0 aliphatic carbocycles. The van der Waals surface area contributed by atoms with Crippen LogP contribution in [0.3, 0.4) is 0 Å². The molecule has 3 heteroatoms. The van der Waals surface area contributed by atoms with E-state index in [2.05, 4.69) is 31.2 Å².